The molecule has 0 atom stereocenters. The molecule has 4 rings (SSSR count). The van der Waals surface area contributed by atoms with Gasteiger partial charge in [-0.25, -0.2) is 4.39 Å². The number of thioether (sulfide) groups is 1. The Hall–Kier alpha value is -3.53. The van der Waals surface area contributed by atoms with Crippen molar-refractivity contribution >= 4 is 45.8 Å². The van der Waals surface area contributed by atoms with Gasteiger partial charge in [-0.05, 0) is 55.8 Å². The third kappa shape index (κ3) is 4.13. The number of nitrogens with zero attached hydrogens (tertiary/aromatic N) is 4. The maximum absolute atomic E-state index is 13.8. The van der Waals surface area contributed by atoms with Gasteiger partial charge in [-0.3, -0.25) is 23.4 Å². The predicted molar refractivity (Wildman–Crippen MR) is 121 cm³/mol. The van der Waals surface area contributed by atoms with Crippen LogP contribution in [0.15, 0.2) is 52.4 Å². The van der Waals surface area contributed by atoms with E-state index in [9.17, 15) is 18.8 Å². The molecular weight excluding hydrogens is 433 g/mol. The van der Waals surface area contributed by atoms with Crippen LogP contribution in [-0.4, -0.2) is 36.6 Å². The minimum Gasteiger partial charge on any atom is -0.325 e. The lowest BCUT2D eigenvalue weighted by Gasteiger charge is -2.10. The van der Waals surface area contributed by atoms with Crippen molar-refractivity contribution < 1.29 is 14.0 Å². The lowest BCUT2D eigenvalue weighted by Crippen LogP contribution is -2.23. The fourth-order valence-electron chi connectivity index (χ4n) is 3.39. The predicted octanol–water partition coefficient (Wildman–Crippen LogP) is 3.53. The molecule has 1 amide bonds. The molecule has 0 saturated carbocycles. The van der Waals surface area contributed by atoms with Crippen molar-refractivity contribution in [1.82, 2.24) is 19.2 Å². The summed E-state index contributed by atoms with van der Waals surface area (Å²) >= 11 is 1.16. The third-order valence-corrected chi connectivity index (χ3v) is 5.82. The molecule has 0 bridgehead atoms. The third-order valence-electron chi connectivity index (χ3n) is 4.89. The van der Waals surface area contributed by atoms with Crippen molar-refractivity contribution in [2.75, 3.05) is 11.1 Å². The second-order valence-electron chi connectivity index (χ2n) is 7.21. The molecule has 0 unspecified atom stereocenters. The van der Waals surface area contributed by atoms with Gasteiger partial charge in [-0.15, -0.1) is 10.2 Å². The number of carbonyl (C=O) groups is 2. The van der Waals surface area contributed by atoms with E-state index in [0.717, 1.165) is 11.8 Å². The Morgan fingerprint density at radius 1 is 1.12 bits per heavy atom. The Kier molecular flexibility index (Phi) is 6.04. The van der Waals surface area contributed by atoms with E-state index in [-0.39, 0.29) is 28.4 Å². The van der Waals surface area contributed by atoms with E-state index < -0.39 is 5.82 Å². The first kappa shape index (κ1) is 21.7. The Labute approximate surface area is 186 Å². The number of ketones is 1. The van der Waals surface area contributed by atoms with Crippen LogP contribution in [0.2, 0.25) is 0 Å². The number of amides is 1. The molecule has 2 aromatic heterocycles. The molecule has 2 aromatic carbocycles. The molecular formula is C22H20FN5O3S. The lowest BCUT2D eigenvalue weighted by molar-refractivity contribution is -0.113. The van der Waals surface area contributed by atoms with Gasteiger partial charge in [-0.2, -0.15) is 0 Å². The summed E-state index contributed by atoms with van der Waals surface area (Å²) in [5, 5.41) is 11.7. The average molecular weight is 453 g/mol. The molecule has 0 aliphatic heterocycles. The molecule has 10 heteroatoms. The number of anilines is 1. The van der Waals surface area contributed by atoms with Crippen LogP contribution in [0, 0.1) is 5.82 Å². The number of halogens is 1. The Balaban J connectivity index is 1.62. The highest BCUT2D eigenvalue weighted by atomic mass is 32.2. The fraction of sp³-hybridized carbons (Fsp3) is 0.227. The van der Waals surface area contributed by atoms with Crippen LogP contribution in [0.3, 0.4) is 0 Å². The number of hydrogen-bond donors (Lipinski definition) is 1. The van der Waals surface area contributed by atoms with Gasteiger partial charge in [0, 0.05) is 17.8 Å². The standard InChI is InChI=1S/C22H20FN5O3S/c1-3-10-27-20(31)17-11-15(23)6-9-18(17)28-21(27)25-26-22(28)32-12-19(30)24-16-7-4-14(5-8-16)13(2)29/h4-9,11H,3,10,12H2,1-2H3,(H,24,30). The lowest BCUT2D eigenvalue weighted by atomic mass is 10.1. The van der Waals surface area contributed by atoms with E-state index >= 15 is 0 Å². The van der Waals surface area contributed by atoms with Gasteiger partial charge in [-0.1, -0.05) is 18.7 Å². The zero-order chi connectivity index (χ0) is 22.8. The van der Waals surface area contributed by atoms with E-state index in [1.54, 1.807) is 28.7 Å². The minimum atomic E-state index is -0.505. The highest BCUT2D eigenvalue weighted by Gasteiger charge is 2.18. The smallest absolute Gasteiger partial charge is 0.262 e. The second-order valence-corrected chi connectivity index (χ2v) is 8.15. The van der Waals surface area contributed by atoms with E-state index in [2.05, 4.69) is 15.5 Å². The van der Waals surface area contributed by atoms with Crippen LogP contribution in [-0.2, 0) is 11.3 Å². The molecule has 0 spiro atoms. The van der Waals surface area contributed by atoms with Crippen LogP contribution in [0.5, 0.6) is 0 Å². The van der Waals surface area contributed by atoms with Crippen LogP contribution in [0.4, 0.5) is 10.1 Å². The van der Waals surface area contributed by atoms with E-state index in [1.807, 2.05) is 6.92 Å². The van der Waals surface area contributed by atoms with Gasteiger partial charge in [0.1, 0.15) is 5.82 Å². The topological polar surface area (TPSA) is 98.4 Å². The van der Waals surface area contributed by atoms with Crippen molar-refractivity contribution in [3.8, 4) is 0 Å². The molecule has 32 heavy (non-hydrogen) atoms. The first-order valence-corrected chi connectivity index (χ1v) is 11.0. The van der Waals surface area contributed by atoms with Gasteiger partial charge < -0.3 is 5.32 Å². The summed E-state index contributed by atoms with van der Waals surface area (Å²) in [4.78, 5) is 36.7. The van der Waals surface area contributed by atoms with Crippen molar-refractivity contribution in [3.05, 3.63) is 64.2 Å². The van der Waals surface area contributed by atoms with Gasteiger partial charge in [0.05, 0.1) is 16.7 Å². The Bertz CT molecular complexity index is 1390. The summed E-state index contributed by atoms with van der Waals surface area (Å²) in [6.07, 6.45) is 0.691. The normalized spacial score (nSPS) is 11.2. The fourth-order valence-corrected chi connectivity index (χ4v) is 4.13. The molecule has 0 saturated heterocycles. The number of benzene rings is 2. The largest absolute Gasteiger partial charge is 0.325 e. The summed E-state index contributed by atoms with van der Waals surface area (Å²) in [5.74, 6) is -0.427. The van der Waals surface area contributed by atoms with Crippen LogP contribution in [0.1, 0.15) is 30.6 Å². The second kappa shape index (κ2) is 8.91. The van der Waals surface area contributed by atoms with Crippen LogP contribution < -0.4 is 10.9 Å². The molecule has 0 radical (unpaired) electrons. The number of aryl methyl sites for hydroxylation is 1. The number of nitrogens with one attached hydrogen (secondary N) is 1. The monoisotopic (exact) mass is 453 g/mol. The van der Waals surface area contributed by atoms with Crippen molar-refractivity contribution in [2.45, 2.75) is 32.0 Å². The summed E-state index contributed by atoms with van der Waals surface area (Å²) in [5.41, 5.74) is 1.29. The number of fused-ring (bicyclic) bond motifs is 3. The van der Waals surface area contributed by atoms with Gasteiger partial charge >= 0.3 is 0 Å². The summed E-state index contributed by atoms with van der Waals surface area (Å²) in [6, 6.07) is 10.6. The van der Waals surface area contributed by atoms with Gasteiger partial charge in [0.2, 0.25) is 11.7 Å². The molecule has 4 aromatic rings. The first-order chi connectivity index (χ1) is 15.4. The van der Waals surface area contributed by atoms with Gasteiger partial charge in [0.25, 0.3) is 5.56 Å². The summed E-state index contributed by atoms with van der Waals surface area (Å²) in [6.45, 7) is 3.82. The molecule has 164 valence electrons. The molecule has 2 heterocycles. The van der Waals surface area contributed by atoms with Gasteiger partial charge in [0.15, 0.2) is 10.9 Å². The van der Waals surface area contributed by atoms with E-state index in [4.69, 9.17) is 0 Å². The molecule has 8 nitrogen and oxygen atoms in total. The Morgan fingerprint density at radius 3 is 2.56 bits per heavy atom. The van der Waals surface area contributed by atoms with E-state index in [1.165, 1.54) is 29.7 Å². The first-order valence-electron chi connectivity index (χ1n) is 10.00. The highest BCUT2D eigenvalue weighted by Crippen LogP contribution is 2.22. The summed E-state index contributed by atoms with van der Waals surface area (Å²) < 4.78 is 17.0. The molecule has 0 fully saturated rings. The number of rotatable bonds is 7. The highest BCUT2D eigenvalue weighted by molar-refractivity contribution is 7.99. The van der Waals surface area contributed by atoms with E-state index in [0.29, 0.717) is 40.7 Å². The maximum Gasteiger partial charge on any atom is 0.262 e. The zero-order valence-electron chi connectivity index (χ0n) is 17.5. The van der Waals surface area contributed by atoms with Crippen molar-refractivity contribution in [3.63, 3.8) is 0 Å². The Morgan fingerprint density at radius 2 is 1.88 bits per heavy atom. The quantitative estimate of drug-likeness (QED) is 0.340. The molecule has 1 N–H and O–H groups in total. The molecule has 0 aliphatic rings. The SMILES string of the molecule is CCCn1c(=O)c2cc(F)ccc2n2c(SCC(=O)Nc3ccc(C(C)=O)cc3)nnc12. The number of hydrogen-bond acceptors (Lipinski definition) is 6. The van der Waals surface area contributed by atoms with Crippen molar-refractivity contribution in [2.24, 2.45) is 0 Å². The maximum atomic E-state index is 13.8. The minimum absolute atomic E-state index is 0.0465. The molecule has 0 aliphatic carbocycles. The average Bonchev–Trinajstić information content (AvgIpc) is 3.19. The number of aromatic nitrogens is 4. The number of Topliss-reactive ketones (excluding diaryl/α,β-unsaturated/α-hetero) is 1. The van der Waals surface area contributed by atoms with Crippen LogP contribution >= 0.6 is 11.8 Å². The van der Waals surface area contributed by atoms with Crippen LogP contribution in [0.25, 0.3) is 16.7 Å². The number of carbonyl (C=O) groups excluding carboxylic acids is 2. The van der Waals surface area contributed by atoms with Crippen molar-refractivity contribution in [1.29, 1.82) is 0 Å². The summed E-state index contributed by atoms with van der Waals surface area (Å²) in [7, 11) is 0. The zero-order valence-corrected chi connectivity index (χ0v) is 18.3.